The fraction of sp³-hybridized carbons (Fsp3) is 0.455. The average Bonchev–Trinajstić information content (AvgIpc) is 2.09. The van der Waals surface area contributed by atoms with Gasteiger partial charge in [0.05, 0.1) is 14.1 Å². The quantitative estimate of drug-likeness (QED) is 0.649. The summed E-state index contributed by atoms with van der Waals surface area (Å²) in [5.74, 6) is 0. The fourth-order valence-corrected chi connectivity index (χ4v) is 0.887. The van der Waals surface area contributed by atoms with Crippen molar-refractivity contribution < 1.29 is 4.90 Å². The molecule has 0 bridgehead atoms. The van der Waals surface area contributed by atoms with E-state index in [1.807, 2.05) is 13.8 Å². The van der Waals surface area contributed by atoms with Gasteiger partial charge < -0.3 is 4.90 Å². The molecule has 0 atom stereocenters. The van der Waals surface area contributed by atoms with Crippen molar-refractivity contribution >= 4 is 5.69 Å². The molecular weight excluding hydrogens is 146 g/mol. The van der Waals surface area contributed by atoms with Gasteiger partial charge in [-0.3, -0.25) is 0 Å². The van der Waals surface area contributed by atoms with Crippen LogP contribution in [0.2, 0.25) is 0 Å². The number of benzene rings is 1. The number of hydrogen-bond donors (Lipinski definition) is 1. The van der Waals surface area contributed by atoms with E-state index in [0.29, 0.717) is 0 Å². The van der Waals surface area contributed by atoms with E-state index in [1.54, 1.807) is 0 Å². The highest BCUT2D eigenvalue weighted by Crippen LogP contribution is 2.02. The molecule has 0 radical (unpaired) electrons. The molecule has 12 heavy (non-hydrogen) atoms. The van der Waals surface area contributed by atoms with Crippen LogP contribution in [-0.4, -0.2) is 14.1 Å². The highest BCUT2D eigenvalue weighted by atomic mass is 15.1. The van der Waals surface area contributed by atoms with Crippen molar-refractivity contribution in [2.75, 3.05) is 14.1 Å². The summed E-state index contributed by atoms with van der Waals surface area (Å²) in [4.78, 5) is 1.38. The van der Waals surface area contributed by atoms with Crippen molar-refractivity contribution in [3.8, 4) is 0 Å². The number of hydrogen-bond acceptors (Lipinski definition) is 0. The van der Waals surface area contributed by atoms with Gasteiger partial charge in [-0.15, -0.1) is 0 Å². The lowest BCUT2D eigenvalue weighted by Gasteiger charge is -2.05. The molecule has 1 heteroatoms. The number of quaternary nitrogens is 1. The largest absolute Gasteiger partial charge is 0.307 e. The Hall–Kier alpha value is -0.820. The smallest absolute Gasteiger partial charge is 0.130 e. The number of rotatable bonds is 1. The molecule has 1 nitrogen and oxygen atoms in total. The second-order valence-electron chi connectivity index (χ2n) is 2.87. The van der Waals surface area contributed by atoms with Crippen LogP contribution in [0.1, 0.15) is 19.4 Å². The predicted octanol–water partition coefficient (Wildman–Crippen LogP) is 1.80. The summed E-state index contributed by atoms with van der Waals surface area (Å²) in [5, 5.41) is 0. The molecule has 1 rings (SSSR count). The predicted molar refractivity (Wildman–Crippen MR) is 55.0 cm³/mol. The van der Waals surface area contributed by atoms with Gasteiger partial charge in [0.25, 0.3) is 0 Å². The second-order valence-corrected chi connectivity index (χ2v) is 2.87. The number of nitrogens with one attached hydrogen (secondary N) is 1. The molecule has 0 aliphatic carbocycles. The van der Waals surface area contributed by atoms with E-state index in [-0.39, 0.29) is 0 Å². The molecule has 0 aliphatic rings. The van der Waals surface area contributed by atoms with Crippen molar-refractivity contribution in [3.63, 3.8) is 0 Å². The van der Waals surface area contributed by atoms with E-state index in [2.05, 4.69) is 45.3 Å². The molecule has 0 unspecified atom stereocenters. The van der Waals surface area contributed by atoms with Crippen molar-refractivity contribution in [1.82, 2.24) is 0 Å². The van der Waals surface area contributed by atoms with Crippen LogP contribution < -0.4 is 4.90 Å². The lowest BCUT2D eigenvalue weighted by Crippen LogP contribution is -3.00. The van der Waals surface area contributed by atoms with Crippen LogP contribution in [0.15, 0.2) is 24.3 Å². The first-order chi connectivity index (χ1) is 5.70. The molecule has 0 saturated carbocycles. The normalized spacial score (nSPS) is 9.17. The van der Waals surface area contributed by atoms with Gasteiger partial charge in [-0.25, -0.2) is 0 Å². The first kappa shape index (κ1) is 11.2. The van der Waals surface area contributed by atoms with E-state index < -0.39 is 0 Å². The van der Waals surface area contributed by atoms with Gasteiger partial charge in [-0.05, 0) is 19.1 Å². The summed E-state index contributed by atoms with van der Waals surface area (Å²) in [6.07, 6.45) is 0. The van der Waals surface area contributed by atoms with E-state index in [9.17, 15) is 0 Å². The van der Waals surface area contributed by atoms with Crippen molar-refractivity contribution in [3.05, 3.63) is 29.8 Å². The fourth-order valence-electron chi connectivity index (χ4n) is 0.887. The number of aryl methyl sites for hydroxylation is 1. The minimum absolute atomic E-state index is 1.32. The summed E-state index contributed by atoms with van der Waals surface area (Å²) in [7, 11) is 4.26. The summed E-state index contributed by atoms with van der Waals surface area (Å²) < 4.78 is 0. The molecule has 0 heterocycles. The van der Waals surface area contributed by atoms with Gasteiger partial charge in [-0.2, -0.15) is 0 Å². The van der Waals surface area contributed by atoms with E-state index in [0.717, 1.165) is 0 Å². The third-order valence-corrected chi connectivity index (χ3v) is 1.63. The monoisotopic (exact) mass is 166 g/mol. The molecule has 68 valence electrons. The Morgan fingerprint density at radius 1 is 0.917 bits per heavy atom. The van der Waals surface area contributed by atoms with Gasteiger partial charge in [0.2, 0.25) is 0 Å². The Kier molecular flexibility index (Phi) is 5.39. The standard InChI is InChI=1S/C9H13N.C2H6/c1-8-4-6-9(7-5-8)10(2)3;1-2/h4-7H,1-3H3;1-2H3/p+1. The van der Waals surface area contributed by atoms with Crippen molar-refractivity contribution in [1.29, 1.82) is 0 Å². The second kappa shape index (κ2) is 5.78. The Bertz CT molecular complexity index is 199. The summed E-state index contributed by atoms with van der Waals surface area (Å²) in [6.45, 7) is 6.11. The first-order valence-corrected chi connectivity index (χ1v) is 4.57. The zero-order valence-corrected chi connectivity index (χ0v) is 8.81. The maximum atomic E-state index is 2.16. The average molecular weight is 166 g/mol. The molecule has 1 aromatic rings. The SMILES string of the molecule is CC.Cc1ccc([NH+](C)C)cc1. The van der Waals surface area contributed by atoms with Crippen LogP contribution >= 0.6 is 0 Å². The van der Waals surface area contributed by atoms with Gasteiger partial charge in [0.1, 0.15) is 5.69 Å². The molecule has 1 N–H and O–H groups in total. The topological polar surface area (TPSA) is 4.44 Å². The third-order valence-electron chi connectivity index (χ3n) is 1.63. The van der Waals surface area contributed by atoms with Crippen molar-refractivity contribution in [2.45, 2.75) is 20.8 Å². The maximum absolute atomic E-state index is 2.16. The third kappa shape index (κ3) is 3.54. The first-order valence-electron chi connectivity index (χ1n) is 4.57. The highest BCUT2D eigenvalue weighted by Gasteiger charge is 1.96. The Morgan fingerprint density at radius 3 is 1.67 bits per heavy atom. The molecule has 0 aromatic heterocycles. The van der Waals surface area contributed by atoms with E-state index >= 15 is 0 Å². The van der Waals surface area contributed by atoms with Gasteiger partial charge >= 0.3 is 0 Å². The van der Waals surface area contributed by atoms with E-state index in [4.69, 9.17) is 0 Å². The lowest BCUT2D eigenvalue weighted by molar-refractivity contribution is -0.786. The Balaban J connectivity index is 0.000000561. The highest BCUT2D eigenvalue weighted by molar-refractivity contribution is 5.31. The van der Waals surface area contributed by atoms with Crippen LogP contribution in [0, 0.1) is 6.92 Å². The van der Waals surface area contributed by atoms with Crippen LogP contribution in [0.25, 0.3) is 0 Å². The Morgan fingerprint density at radius 2 is 1.33 bits per heavy atom. The van der Waals surface area contributed by atoms with Crippen LogP contribution in [0.5, 0.6) is 0 Å². The van der Waals surface area contributed by atoms with Crippen LogP contribution in [0.4, 0.5) is 5.69 Å². The van der Waals surface area contributed by atoms with E-state index in [1.165, 1.54) is 16.2 Å². The van der Waals surface area contributed by atoms with Gasteiger partial charge in [0.15, 0.2) is 0 Å². The molecule has 0 spiro atoms. The van der Waals surface area contributed by atoms with Crippen LogP contribution in [0.3, 0.4) is 0 Å². The molecule has 0 saturated heterocycles. The molecule has 0 aliphatic heterocycles. The summed E-state index contributed by atoms with van der Waals surface area (Å²) in [5.41, 5.74) is 2.66. The summed E-state index contributed by atoms with van der Waals surface area (Å²) >= 11 is 0. The minimum Gasteiger partial charge on any atom is -0.307 e. The molecule has 0 amide bonds. The summed E-state index contributed by atoms with van der Waals surface area (Å²) in [6, 6.07) is 8.60. The van der Waals surface area contributed by atoms with Crippen LogP contribution in [-0.2, 0) is 0 Å². The van der Waals surface area contributed by atoms with Crippen molar-refractivity contribution in [2.24, 2.45) is 0 Å². The maximum Gasteiger partial charge on any atom is 0.130 e. The zero-order chi connectivity index (χ0) is 9.56. The van der Waals surface area contributed by atoms with Gasteiger partial charge in [-0.1, -0.05) is 31.5 Å². The Labute approximate surface area is 76.0 Å². The molecular formula is C11H20N+. The molecule has 0 fully saturated rings. The minimum atomic E-state index is 1.32. The molecule has 1 aromatic carbocycles. The zero-order valence-electron chi connectivity index (χ0n) is 8.81. The lowest BCUT2D eigenvalue weighted by atomic mass is 10.2. The van der Waals surface area contributed by atoms with Gasteiger partial charge in [0, 0.05) is 0 Å².